The summed E-state index contributed by atoms with van der Waals surface area (Å²) < 4.78 is 14.8. The van der Waals surface area contributed by atoms with Crippen molar-refractivity contribution in [3.63, 3.8) is 0 Å². The minimum absolute atomic E-state index is 0.204. The lowest BCUT2D eigenvalue weighted by molar-refractivity contribution is 0.102. The molecule has 4 nitrogen and oxygen atoms in total. The molecule has 2 N–H and O–H groups in total. The van der Waals surface area contributed by atoms with Gasteiger partial charge in [-0.3, -0.25) is 4.79 Å². The van der Waals surface area contributed by atoms with E-state index in [0.717, 1.165) is 16.1 Å². The van der Waals surface area contributed by atoms with Crippen LogP contribution in [0.3, 0.4) is 0 Å². The molecule has 0 radical (unpaired) electrons. The van der Waals surface area contributed by atoms with Crippen LogP contribution in [0.5, 0.6) is 0 Å². The van der Waals surface area contributed by atoms with Gasteiger partial charge in [-0.1, -0.05) is 42.5 Å². The Balaban J connectivity index is 1.75. The number of carbonyl (C=O) groups is 1. The summed E-state index contributed by atoms with van der Waals surface area (Å²) in [4.78, 5) is 18.3. The minimum Gasteiger partial charge on any atom is -0.359 e. The molecule has 2 aromatic heterocycles. The number of rotatable bonds is 6. The van der Waals surface area contributed by atoms with Crippen LogP contribution >= 0.6 is 11.3 Å². The lowest BCUT2D eigenvalue weighted by Crippen LogP contribution is -2.18. The van der Waals surface area contributed by atoms with Crippen LogP contribution in [0.25, 0.3) is 0 Å². The van der Waals surface area contributed by atoms with Crippen LogP contribution in [0.4, 0.5) is 15.2 Å². The second-order valence-electron chi connectivity index (χ2n) is 7.22. The molecule has 4 rings (SSSR count). The number of hydrogen-bond donors (Lipinski definition) is 2. The van der Waals surface area contributed by atoms with E-state index in [1.54, 1.807) is 30.3 Å². The molecule has 2 aromatic carbocycles. The quantitative estimate of drug-likeness (QED) is 0.374. The number of benzene rings is 2. The number of thiophene rings is 1. The molecule has 1 amide bonds. The average Bonchev–Trinajstić information content (AvgIpc) is 3.13. The average molecular weight is 432 g/mol. The van der Waals surface area contributed by atoms with E-state index in [-0.39, 0.29) is 11.7 Å². The molecule has 0 saturated heterocycles. The molecule has 0 aliphatic carbocycles. The number of nitrogens with one attached hydrogen (secondary N) is 2. The van der Waals surface area contributed by atoms with Gasteiger partial charge in [-0.15, -0.1) is 11.3 Å². The highest BCUT2D eigenvalue weighted by molar-refractivity contribution is 7.16. The van der Waals surface area contributed by atoms with Gasteiger partial charge in [0.2, 0.25) is 0 Å². The maximum Gasteiger partial charge on any atom is 0.256 e. The monoisotopic (exact) mass is 431 g/mol. The standard InChI is InChI=1S/C25H22FN3OS/c1-16-9-8-14-22(27-16)28-23(19-12-6-7-13-21(19)26)20-15-17(2)31-25(20)29-24(30)18-10-4-3-5-11-18/h3-15,23H,1-2H3,(H,27,28)(H,29,30)/t23-/m1/s1. The summed E-state index contributed by atoms with van der Waals surface area (Å²) in [5.41, 5.74) is 2.70. The van der Waals surface area contributed by atoms with Crippen molar-refractivity contribution in [1.82, 2.24) is 4.98 Å². The van der Waals surface area contributed by atoms with Crippen LogP contribution < -0.4 is 10.6 Å². The number of hydrogen-bond acceptors (Lipinski definition) is 4. The largest absolute Gasteiger partial charge is 0.359 e. The van der Waals surface area contributed by atoms with Gasteiger partial charge < -0.3 is 10.6 Å². The van der Waals surface area contributed by atoms with Crippen molar-refractivity contribution < 1.29 is 9.18 Å². The van der Waals surface area contributed by atoms with E-state index in [1.165, 1.54) is 17.4 Å². The molecule has 0 unspecified atom stereocenters. The Bertz CT molecular complexity index is 1210. The third kappa shape index (κ3) is 4.81. The zero-order chi connectivity index (χ0) is 21.8. The first kappa shape index (κ1) is 20.8. The van der Waals surface area contributed by atoms with Crippen LogP contribution in [0, 0.1) is 19.7 Å². The highest BCUT2D eigenvalue weighted by Crippen LogP contribution is 2.38. The van der Waals surface area contributed by atoms with Crippen molar-refractivity contribution in [3.8, 4) is 0 Å². The Kier molecular flexibility index (Phi) is 6.09. The Morgan fingerprint density at radius 1 is 0.935 bits per heavy atom. The highest BCUT2D eigenvalue weighted by Gasteiger charge is 2.24. The molecule has 0 spiro atoms. The topological polar surface area (TPSA) is 54.0 Å². The van der Waals surface area contributed by atoms with Gasteiger partial charge in [-0.05, 0) is 50.2 Å². The van der Waals surface area contributed by atoms with Gasteiger partial charge in [-0.2, -0.15) is 0 Å². The van der Waals surface area contributed by atoms with Crippen molar-refractivity contribution in [2.24, 2.45) is 0 Å². The van der Waals surface area contributed by atoms with Gasteiger partial charge in [0, 0.05) is 27.3 Å². The fourth-order valence-electron chi connectivity index (χ4n) is 3.41. The van der Waals surface area contributed by atoms with E-state index in [4.69, 9.17) is 0 Å². The van der Waals surface area contributed by atoms with Crippen molar-refractivity contribution in [3.05, 3.63) is 112 Å². The molecule has 0 aliphatic heterocycles. The predicted octanol–water partition coefficient (Wildman–Crippen LogP) is 6.35. The minimum atomic E-state index is -0.522. The van der Waals surface area contributed by atoms with Crippen molar-refractivity contribution in [1.29, 1.82) is 0 Å². The lowest BCUT2D eigenvalue weighted by atomic mass is 9.99. The van der Waals surface area contributed by atoms with Crippen molar-refractivity contribution in [2.75, 3.05) is 10.6 Å². The predicted molar refractivity (Wildman–Crippen MR) is 124 cm³/mol. The molecule has 2 heterocycles. The summed E-state index contributed by atoms with van der Waals surface area (Å²) in [6, 6.07) is 22.8. The molecule has 1 atom stereocenters. The number of carbonyl (C=O) groups excluding carboxylic acids is 1. The van der Waals surface area contributed by atoms with Crippen LogP contribution in [0.1, 0.15) is 38.1 Å². The zero-order valence-electron chi connectivity index (χ0n) is 17.2. The Hall–Kier alpha value is -3.51. The third-order valence-corrected chi connectivity index (χ3v) is 5.84. The number of anilines is 2. The van der Waals surface area contributed by atoms with Gasteiger partial charge >= 0.3 is 0 Å². The Morgan fingerprint density at radius 2 is 1.68 bits per heavy atom. The molecule has 4 aromatic rings. The van der Waals surface area contributed by atoms with Gasteiger partial charge in [0.25, 0.3) is 5.91 Å². The van der Waals surface area contributed by atoms with Gasteiger partial charge in [0.1, 0.15) is 16.6 Å². The fourth-order valence-corrected chi connectivity index (χ4v) is 4.36. The second kappa shape index (κ2) is 9.10. The summed E-state index contributed by atoms with van der Waals surface area (Å²) in [6.45, 7) is 3.87. The Labute approximate surface area is 184 Å². The first-order valence-corrected chi connectivity index (χ1v) is 10.7. The van der Waals surface area contributed by atoms with Gasteiger partial charge in [0.15, 0.2) is 0 Å². The molecule has 0 fully saturated rings. The molecule has 0 aliphatic rings. The first-order chi connectivity index (χ1) is 15.0. The van der Waals surface area contributed by atoms with Crippen molar-refractivity contribution in [2.45, 2.75) is 19.9 Å². The summed E-state index contributed by atoms with van der Waals surface area (Å²) in [5.74, 6) is 0.110. The summed E-state index contributed by atoms with van der Waals surface area (Å²) in [5, 5.41) is 7.06. The lowest BCUT2D eigenvalue weighted by Gasteiger charge is -2.21. The molecule has 0 saturated carbocycles. The summed E-state index contributed by atoms with van der Waals surface area (Å²) >= 11 is 1.47. The van der Waals surface area contributed by atoms with E-state index >= 15 is 0 Å². The van der Waals surface area contributed by atoms with E-state index in [0.29, 0.717) is 21.9 Å². The number of halogens is 1. The van der Waals surface area contributed by atoms with Crippen molar-refractivity contribution >= 4 is 28.1 Å². The van der Waals surface area contributed by atoms with Crippen LogP contribution in [-0.2, 0) is 0 Å². The maximum absolute atomic E-state index is 14.8. The third-order valence-electron chi connectivity index (χ3n) is 4.85. The number of amides is 1. The summed E-state index contributed by atoms with van der Waals surface area (Å²) in [6.07, 6.45) is 0. The molecule has 0 bridgehead atoms. The molecule has 31 heavy (non-hydrogen) atoms. The van der Waals surface area contributed by atoms with E-state index in [9.17, 15) is 9.18 Å². The van der Waals surface area contributed by atoms with Crippen LogP contribution in [0.2, 0.25) is 0 Å². The van der Waals surface area contributed by atoms with Gasteiger partial charge in [0.05, 0.1) is 6.04 Å². The maximum atomic E-state index is 14.8. The number of pyridine rings is 1. The van der Waals surface area contributed by atoms with Crippen LogP contribution in [0.15, 0.2) is 78.9 Å². The second-order valence-corrected chi connectivity index (χ2v) is 8.48. The van der Waals surface area contributed by atoms with Crippen LogP contribution in [-0.4, -0.2) is 10.9 Å². The number of nitrogens with zero attached hydrogens (tertiary/aromatic N) is 1. The van der Waals surface area contributed by atoms with E-state index < -0.39 is 6.04 Å². The summed E-state index contributed by atoms with van der Waals surface area (Å²) in [7, 11) is 0. The highest BCUT2D eigenvalue weighted by atomic mass is 32.1. The molecular formula is C25H22FN3OS. The SMILES string of the molecule is Cc1cccc(N[C@H](c2ccccc2F)c2cc(C)sc2NC(=O)c2ccccc2)n1. The fraction of sp³-hybridized carbons (Fsp3) is 0.120. The van der Waals surface area contributed by atoms with E-state index in [2.05, 4.69) is 15.6 Å². The molecule has 6 heteroatoms. The molecular weight excluding hydrogens is 409 g/mol. The van der Waals surface area contributed by atoms with Gasteiger partial charge in [-0.25, -0.2) is 9.37 Å². The number of aryl methyl sites for hydroxylation is 2. The zero-order valence-corrected chi connectivity index (χ0v) is 18.0. The van der Waals surface area contributed by atoms with E-state index in [1.807, 2.05) is 56.3 Å². The first-order valence-electron chi connectivity index (χ1n) is 9.92. The number of aromatic nitrogens is 1. The smallest absolute Gasteiger partial charge is 0.256 e. The normalized spacial score (nSPS) is 11.7. The Morgan fingerprint density at radius 3 is 2.42 bits per heavy atom. The molecule has 156 valence electrons.